The molecular weight excluding hydrogens is 510 g/mol. The number of alkyl halides is 3. The first-order valence-corrected chi connectivity index (χ1v) is 10.8. The molecule has 1 aromatic carbocycles. The van der Waals surface area contributed by atoms with Crippen molar-refractivity contribution in [2.45, 2.75) is 25.1 Å². The number of amides is 1. The summed E-state index contributed by atoms with van der Waals surface area (Å²) < 4.78 is 60.6. The Bertz CT molecular complexity index is 1280. The van der Waals surface area contributed by atoms with Gasteiger partial charge in [-0.05, 0) is 58.6 Å². The maximum Gasteiger partial charge on any atom is 0.434 e. The van der Waals surface area contributed by atoms with Crippen LogP contribution in [-0.4, -0.2) is 46.5 Å². The monoisotopic (exact) mass is 527 g/mol. The molecule has 3 heterocycles. The van der Waals surface area contributed by atoms with Gasteiger partial charge in [-0.2, -0.15) is 13.2 Å². The fraction of sp³-hybridized carbons (Fsp3) is 0.318. The number of hydrogen-bond donors (Lipinski definition) is 0. The van der Waals surface area contributed by atoms with Crippen LogP contribution in [0.3, 0.4) is 0 Å². The normalized spacial score (nSPS) is 15.3. The Morgan fingerprint density at radius 3 is 2.52 bits per heavy atom. The van der Waals surface area contributed by atoms with Gasteiger partial charge in [0.2, 0.25) is 0 Å². The highest BCUT2D eigenvalue weighted by Crippen LogP contribution is 2.33. The standard InChI is InChI=1S/C22H18BrF4N3O3/c1-33-13-6-9-29(10-7-13)20(31)15-5-4-12(11-16(15)24)14-3-2-8-30-19(14)28-18(22(25,26)27)17(23)21(30)32/h2-5,8,11,13H,6-7,9-10H2,1H3. The highest BCUT2D eigenvalue weighted by molar-refractivity contribution is 9.10. The van der Waals surface area contributed by atoms with E-state index in [1.165, 1.54) is 30.5 Å². The summed E-state index contributed by atoms with van der Waals surface area (Å²) in [7, 11) is 1.60. The number of pyridine rings is 1. The van der Waals surface area contributed by atoms with Gasteiger partial charge in [-0.25, -0.2) is 9.37 Å². The number of methoxy groups -OCH3 is 1. The zero-order valence-electron chi connectivity index (χ0n) is 17.3. The molecule has 6 nitrogen and oxygen atoms in total. The molecule has 0 unspecified atom stereocenters. The van der Waals surface area contributed by atoms with E-state index < -0.39 is 33.6 Å². The Labute approximate surface area is 193 Å². The molecule has 1 saturated heterocycles. The third kappa shape index (κ3) is 4.39. The van der Waals surface area contributed by atoms with E-state index in [4.69, 9.17) is 4.74 Å². The first-order chi connectivity index (χ1) is 15.6. The smallest absolute Gasteiger partial charge is 0.381 e. The van der Waals surface area contributed by atoms with E-state index in [2.05, 4.69) is 20.9 Å². The van der Waals surface area contributed by atoms with Gasteiger partial charge in [-0.3, -0.25) is 14.0 Å². The number of aromatic nitrogens is 2. The third-order valence-corrected chi connectivity index (χ3v) is 6.36. The maximum atomic E-state index is 14.9. The van der Waals surface area contributed by atoms with Crippen LogP contribution in [-0.2, 0) is 10.9 Å². The number of carbonyl (C=O) groups is 1. The second-order valence-corrected chi connectivity index (χ2v) is 8.41. The number of likely N-dealkylation sites (tertiary alicyclic amines) is 1. The van der Waals surface area contributed by atoms with Crippen molar-refractivity contribution < 1.29 is 27.1 Å². The van der Waals surface area contributed by atoms with Gasteiger partial charge in [-0.1, -0.05) is 6.07 Å². The molecule has 1 fully saturated rings. The summed E-state index contributed by atoms with van der Waals surface area (Å²) in [6, 6.07) is 6.66. The van der Waals surface area contributed by atoms with Crippen molar-refractivity contribution >= 4 is 27.5 Å². The fourth-order valence-corrected chi connectivity index (χ4v) is 4.38. The molecule has 2 aromatic heterocycles. The van der Waals surface area contributed by atoms with E-state index in [0.717, 1.165) is 10.5 Å². The third-order valence-electron chi connectivity index (χ3n) is 5.64. The van der Waals surface area contributed by atoms with Gasteiger partial charge in [0.15, 0.2) is 5.69 Å². The molecule has 0 saturated carbocycles. The van der Waals surface area contributed by atoms with Crippen molar-refractivity contribution in [1.29, 1.82) is 0 Å². The van der Waals surface area contributed by atoms with Gasteiger partial charge in [0, 0.05) is 32.0 Å². The molecule has 1 amide bonds. The van der Waals surface area contributed by atoms with Crippen LogP contribution in [0.4, 0.5) is 17.6 Å². The van der Waals surface area contributed by atoms with Crippen LogP contribution in [0.5, 0.6) is 0 Å². The Morgan fingerprint density at radius 1 is 1.21 bits per heavy atom. The topological polar surface area (TPSA) is 63.9 Å². The summed E-state index contributed by atoms with van der Waals surface area (Å²) in [6.45, 7) is 0.869. The molecule has 1 aliphatic rings. The Balaban J connectivity index is 1.74. The lowest BCUT2D eigenvalue weighted by atomic mass is 10.0. The molecule has 11 heteroatoms. The molecule has 33 heavy (non-hydrogen) atoms. The van der Waals surface area contributed by atoms with E-state index in [1.807, 2.05) is 0 Å². The average molecular weight is 528 g/mol. The van der Waals surface area contributed by atoms with Crippen LogP contribution >= 0.6 is 15.9 Å². The second kappa shape index (κ2) is 8.86. The van der Waals surface area contributed by atoms with Crippen molar-refractivity contribution in [2.75, 3.05) is 20.2 Å². The number of rotatable bonds is 3. The van der Waals surface area contributed by atoms with Crippen molar-refractivity contribution in [3.8, 4) is 11.1 Å². The molecule has 0 atom stereocenters. The highest BCUT2D eigenvalue weighted by atomic mass is 79.9. The molecule has 0 N–H and O–H groups in total. The van der Waals surface area contributed by atoms with Crippen LogP contribution < -0.4 is 5.56 Å². The van der Waals surface area contributed by atoms with E-state index >= 15 is 0 Å². The quantitative estimate of drug-likeness (QED) is 0.469. The van der Waals surface area contributed by atoms with Crippen molar-refractivity contribution in [1.82, 2.24) is 14.3 Å². The number of ether oxygens (including phenoxy) is 1. The molecule has 4 rings (SSSR count). The predicted octanol–water partition coefficient (Wildman–Crippen LogP) is 4.53. The summed E-state index contributed by atoms with van der Waals surface area (Å²) >= 11 is 2.68. The number of nitrogens with zero attached hydrogens (tertiary/aromatic N) is 3. The van der Waals surface area contributed by atoms with Crippen LogP contribution in [0.1, 0.15) is 28.9 Å². The van der Waals surface area contributed by atoms with E-state index in [-0.39, 0.29) is 28.4 Å². The van der Waals surface area contributed by atoms with Crippen LogP contribution in [0.25, 0.3) is 16.8 Å². The molecule has 0 spiro atoms. The minimum absolute atomic E-state index is 0.0603. The molecule has 1 aliphatic heterocycles. The minimum atomic E-state index is -4.86. The minimum Gasteiger partial charge on any atom is -0.381 e. The van der Waals surface area contributed by atoms with Gasteiger partial charge < -0.3 is 9.64 Å². The number of halogens is 5. The molecule has 0 bridgehead atoms. The summed E-state index contributed by atoms with van der Waals surface area (Å²) in [5.41, 5.74) is -2.43. The molecular formula is C22H18BrF4N3O3. The average Bonchev–Trinajstić information content (AvgIpc) is 2.79. The van der Waals surface area contributed by atoms with E-state index in [0.29, 0.717) is 25.9 Å². The summed E-state index contributed by atoms with van der Waals surface area (Å²) in [4.78, 5) is 30.4. The number of hydrogen-bond acceptors (Lipinski definition) is 4. The fourth-order valence-electron chi connectivity index (χ4n) is 3.87. The Kier molecular flexibility index (Phi) is 6.28. The number of fused-ring (bicyclic) bond motifs is 1. The summed E-state index contributed by atoms with van der Waals surface area (Å²) in [5, 5.41) is 0. The second-order valence-electron chi connectivity index (χ2n) is 7.61. The van der Waals surface area contributed by atoms with Crippen LogP contribution in [0, 0.1) is 5.82 Å². The van der Waals surface area contributed by atoms with Gasteiger partial charge >= 0.3 is 6.18 Å². The van der Waals surface area contributed by atoms with Gasteiger partial charge in [0.25, 0.3) is 11.5 Å². The first-order valence-electron chi connectivity index (χ1n) is 10.0. The van der Waals surface area contributed by atoms with Crippen molar-refractivity contribution in [2.24, 2.45) is 0 Å². The van der Waals surface area contributed by atoms with E-state index in [1.54, 1.807) is 12.0 Å². The number of piperidine rings is 1. The summed E-state index contributed by atoms with van der Waals surface area (Å²) in [6.07, 6.45) is -2.23. The van der Waals surface area contributed by atoms with Gasteiger partial charge in [0.05, 0.1) is 11.7 Å². The van der Waals surface area contributed by atoms with E-state index in [9.17, 15) is 27.2 Å². The zero-order valence-corrected chi connectivity index (χ0v) is 18.9. The van der Waals surface area contributed by atoms with Gasteiger partial charge in [0.1, 0.15) is 15.9 Å². The molecule has 0 aliphatic carbocycles. The van der Waals surface area contributed by atoms with Crippen LogP contribution in [0.15, 0.2) is 45.8 Å². The van der Waals surface area contributed by atoms with Crippen molar-refractivity contribution in [3.05, 3.63) is 68.4 Å². The highest BCUT2D eigenvalue weighted by Gasteiger charge is 2.37. The van der Waals surface area contributed by atoms with Crippen LogP contribution in [0.2, 0.25) is 0 Å². The lowest BCUT2D eigenvalue weighted by Crippen LogP contribution is -2.40. The Hall–Kier alpha value is -2.79. The lowest BCUT2D eigenvalue weighted by Gasteiger charge is -2.31. The predicted molar refractivity (Wildman–Crippen MR) is 115 cm³/mol. The molecule has 174 valence electrons. The van der Waals surface area contributed by atoms with Gasteiger partial charge in [-0.15, -0.1) is 0 Å². The number of benzene rings is 1. The first kappa shape index (κ1) is 23.4. The largest absolute Gasteiger partial charge is 0.434 e. The molecule has 3 aromatic rings. The number of carbonyl (C=O) groups excluding carboxylic acids is 1. The Morgan fingerprint density at radius 2 is 1.91 bits per heavy atom. The summed E-state index contributed by atoms with van der Waals surface area (Å²) in [5.74, 6) is -1.28. The SMILES string of the molecule is COC1CCN(C(=O)c2ccc(-c3cccn4c(=O)c(Br)c(C(F)(F)F)nc34)cc2F)CC1. The zero-order chi connectivity index (χ0) is 23.9. The lowest BCUT2D eigenvalue weighted by molar-refractivity contribution is -0.141. The van der Waals surface area contributed by atoms with Crippen molar-refractivity contribution in [3.63, 3.8) is 0 Å². The maximum absolute atomic E-state index is 14.9. The molecule has 0 radical (unpaired) electrons.